The molecule has 1 heterocycles. The van der Waals surface area contributed by atoms with Crippen LogP contribution in [-0.4, -0.2) is 215 Å². The third kappa shape index (κ3) is 25.6. The monoisotopic (exact) mass is 1180 g/mol. The number of ketones is 1. The summed E-state index contributed by atoms with van der Waals surface area (Å²) < 4.78 is 48.6. The zero-order valence-corrected chi connectivity index (χ0v) is 52.1. The smallest absolute Gasteiger partial charge is 0.430 e. The number of hydrogen-bond donors (Lipinski definition) is 5. The first kappa shape index (κ1) is 83.7. The number of carboxylic acid groups (broad SMARTS) is 2. The van der Waals surface area contributed by atoms with Crippen LogP contribution in [0.1, 0.15) is 143 Å². The van der Waals surface area contributed by atoms with Crippen molar-refractivity contribution >= 4 is 53.5 Å². The van der Waals surface area contributed by atoms with Gasteiger partial charge in [0.1, 0.15) is 18.1 Å². The van der Waals surface area contributed by atoms with Crippen LogP contribution in [0.5, 0.6) is 0 Å². The van der Waals surface area contributed by atoms with Gasteiger partial charge < -0.3 is 64.9 Å². The van der Waals surface area contributed by atoms with Gasteiger partial charge in [0.15, 0.2) is 11.8 Å². The predicted octanol–water partition coefficient (Wildman–Crippen LogP) is 4.08. The van der Waals surface area contributed by atoms with Crippen LogP contribution in [0.3, 0.4) is 0 Å². The van der Waals surface area contributed by atoms with Crippen molar-refractivity contribution in [2.24, 2.45) is 41.4 Å². The fourth-order valence-electron chi connectivity index (χ4n) is 10.7. The molecule has 0 aliphatic carbocycles. The topological polar surface area (TPSA) is 273 Å². The maximum atomic E-state index is 14.0. The first-order valence-corrected chi connectivity index (χ1v) is 27.9. The number of likely N-dealkylation sites (N-methyl/N-ethyl adjacent to an activating group) is 4. The van der Waals surface area contributed by atoms with Gasteiger partial charge in [0, 0.05) is 53.8 Å². The average Bonchev–Trinajstić information content (AvgIpc) is 3.85. The van der Waals surface area contributed by atoms with Crippen molar-refractivity contribution in [3.05, 3.63) is 0 Å². The van der Waals surface area contributed by atoms with Crippen LogP contribution < -0.4 is 20.6 Å². The Kier molecular flexibility index (Phi) is 40.5. The molecule has 1 aliphatic rings. The molecule has 21 nitrogen and oxygen atoms in total. The number of nitrogens with one attached hydrogen (secondary N) is 4. The standard InChI is InChI=1S/C32H59N5O6.C22H43N3O5.C2HF3O2.2CH4/c1-13-21(6)29(36(10)32(41)27(19(2)3)34-31(40)28(20(4)5)35(8)9)25(42-11)17-26(39)37-16-14-15-23(37)30(43-12)22(7)24(38)18-33;1-11-15(6)20(16(30-10)12-17(26)27)25(9)22(29)18(13(2)3)23-21(28)19(14(4)5)24(7)8;3-2(4,5)1(6)7;;/h18-23,25,27-30,33H,13-17H2,1-12H3,(H,34,40);13-16,18-20H,11-12H2,1-10H3,(H,23,28)(H,26,27);(H,6,7);2*1H4/t21-,22?,23-,25?,27?,28?,29?,30?;15-,16?,18?,19?,20?;;;/m00.../s1. The number of methoxy groups -OCH3 is 3. The van der Waals surface area contributed by atoms with Crippen LogP contribution in [-0.2, 0) is 52.6 Å². The highest BCUT2D eigenvalue weighted by Crippen LogP contribution is 2.30. The molecule has 0 aromatic heterocycles. The van der Waals surface area contributed by atoms with Gasteiger partial charge in [-0.3, -0.25) is 38.5 Å². The molecule has 1 aliphatic heterocycles. The highest BCUT2D eigenvalue weighted by atomic mass is 19.4. The molecule has 0 bridgehead atoms. The van der Waals surface area contributed by atoms with Crippen molar-refractivity contribution in [3.8, 4) is 0 Å². The molecule has 0 saturated carbocycles. The van der Waals surface area contributed by atoms with Crippen LogP contribution >= 0.6 is 0 Å². The van der Waals surface area contributed by atoms with E-state index in [1.165, 1.54) is 14.2 Å². The number of quaternary nitrogens is 1. The molecule has 24 heteroatoms. The van der Waals surface area contributed by atoms with Crippen LogP contribution in [0, 0.1) is 46.8 Å². The van der Waals surface area contributed by atoms with Gasteiger partial charge in [-0.15, -0.1) is 0 Å². The largest absolute Gasteiger partial charge is 0.542 e. The molecule has 10 unspecified atom stereocenters. The third-order valence-electron chi connectivity index (χ3n) is 15.2. The van der Waals surface area contributed by atoms with Gasteiger partial charge in [0.25, 0.3) is 5.91 Å². The molecular formula is C58H111F3N8O13. The van der Waals surface area contributed by atoms with Gasteiger partial charge >= 0.3 is 12.1 Å². The molecule has 482 valence electrons. The molecule has 82 heavy (non-hydrogen) atoms. The zero-order valence-electron chi connectivity index (χ0n) is 52.1. The minimum atomic E-state index is -5.19. The molecule has 0 spiro atoms. The number of nitrogens with zero attached hydrogens (tertiary/aromatic N) is 4. The highest BCUT2D eigenvalue weighted by molar-refractivity contribution is 6.27. The molecule has 0 radical (unpaired) electrons. The summed E-state index contributed by atoms with van der Waals surface area (Å²) in [4.78, 5) is 108. The van der Waals surface area contributed by atoms with Gasteiger partial charge in [0.05, 0.1) is 75.6 Å². The van der Waals surface area contributed by atoms with Gasteiger partial charge in [-0.2, -0.15) is 13.2 Å². The van der Waals surface area contributed by atoms with E-state index in [1.807, 2.05) is 116 Å². The van der Waals surface area contributed by atoms with Gasteiger partial charge in [0.2, 0.25) is 23.6 Å². The number of alkyl halides is 3. The molecule has 1 saturated heterocycles. The molecule has 0 aromatic carbocycles. The quantitative estimate of drug-likeness (QED) is 0.0613. The second kappa shape index (κ2) is 39.7. The number of ether oxygens (including phenoxy) is 3. The number of carboxylic acids is 2. The lowest BCUT2D eigenvalue weighted by molar-refractivity contribution is -0.879. The summed E-state index contributed by atoms with van der Waals surface area (Å²) in [7, 11) is 15.5. The zero-order chi connectivity index (χ0) is 63.0. The third-order valence-corrected chi connectivity index (χ3v) is 15.2. The van der Waals surface area contributed by atoms with Crippen molar-refractivity contribution < 1.29 is 80.9 Å². The first-order valence-electron chi connectivity index (χ1n) is 27.9. The summed E-state index contributed by atoms with van der Waals surface area (Å²) in [5, 5.41) is 31.4. The van der Waals surface area contributed by atoms with E-state index in [1.54, 1.807) is 42.8 Å². The van der Waals surface area contributed by atoms with E-state index in [0.29, 0.717) is 13.0 Å². The Bertz CT molecular complexity index is 1940. The minimum Gasteiger partial charge on any atom is -0.542 e. The van der Waals surface area contributed by atoms with Gasteiger partial charge in [-0.05, 0) is 56.5 Å². The van der Waals surface area contributed by atoms with Crippen LogP contribution in [0.25, 0.3) is 0 Å². The Hall–Kier alpha value is -4.78. The van der Waals surface area contributed by atoms with E-state index in [2.05, 4.69) is 10.6 Å². The summed E-state index contributed by atoms with van der Waals surface area (Å²) in [5.41, 5.74) is 0. The van der Waals surface area contributed by atoms with E-state index >= 15 is 0 Å². The minimum absolute atomic E-state index is 0. The van der Waals surface area contributed by atoms with E-state index in [4.69, 9.17) is 29.5 Å². The van der Waals surface area contributed by atoms with E-state index < -0.39 is 66.5 Å². The number of rotatable bonds is 31. The Morgan fingerprint density at radius 3 is 1.40 bits per heavy atom. The Balaban J connectivity index is -0.000000679. The van der Waals surface area contributed by atoms with Crippen molar-refractivity contribution in [2.75, 3.05) is 70.2 Å². The van der Waals surface area contributed by atoms with Crippen LogP contribution in [0.4, 0.5) is 13.2 Å². The van der Waals surface area contributed by atoms with E-state index in [0.717, 1.165) is 30.4 Å². The molecular weight excluding hydrogens is 1070 g/mol. The number of likely N-dealkylation sites (tertiary alicyclic amines) is 1. The lowest BCUT2D eigenvalue weighted by Crippen LogP contribution is -3.12. The summed E-state index contributed by atoms with van der Waals surface area (Å²) in [5.74, 6) is -5.85. The summed E-state index contributed by atoms with van der Waals surface area (Å²) in [6.45, 7) is 25.9. The molecule has 1 fully saturated rings. The van der Waals surface area contributed by atoms with E-state index in [-0.39, 0.29) is 117 Å². The molecule has 1 rings (SSSR count). The maximum absolute atomic E-state index is 14.0. The second-order valence-electron chi connectivity index (χ2n) is 23.0. The molecule has 5 amide bonds. The number of Topliss-reactive ketones (excluding diaryl/α,β-unsaturated/α-hetero) is 1. The van der Waals surface area contributed by atoms with Gasteiger partial charge in [-0.25, -0.2) is 0 Å². The molecule has 13 atom stereocenters. The second-order valence-corrected chi connectivity index (χ2v) is 23.0. The molecule has 5 N–H and O–H groups in total. The Labute approximate surface area is 490 Å². The Morgan fingerprint density at radius 1 is 0.707 bits per heavy atom. The number of halogens is 3. The van der Waals surface area contributed by atoms with Crippen molar-refractivity contribution in [3.63, 3.8) is 0 Å². The number of carbonyl (C=O) groups is 8. The van der Waals surface area contributed by atoms with Crippen LogP contribution in [0.2, 0.25) is 0 Å². The lowest BCUT2D eigenvalue weighted by atomic mass is 9.89. The molecule has 0 aromatic rings. The Morgan fingerprint density at radius 2 is 1.11 bits per heavy atom. The number of carbonyl (C=O) groups excluding carboxylic acids is 7. The van der Waals surface area contributed by atoms with Crippen molar-refractivity contribution in [1.29, 1.82) is 5.41 Å². The van der Waals surface area contributed by atoms with E-state index in [9.17, 15) is 51.8 Å². The fourth-order valence-corrected chi connectivity index (χ4v) is 10.7. The van der Waals surface area contributed by atoms with Gasteiger partial charge in [-0.1, -0.05) is 118 Å². The number of amides is 5. The lowest BCUT2D eigenvalue weighted by Gasteiger charge is -2.41. The SMILES string of the molecule is C.C.CC[C@H](C)C(C(CC(=O)N1CCC[C@H]1C(OC)C(C)C(=O)C=N)OC)N(C)C(=O)C(NC(=O)C(C(C)C)N(C)C)C(C)C.CC[C@H](C)C(C(CC(=O)O)OC)N(C)C(=O)C(NC(=O)C(C(C)C)[NH+](C)C)C(C)C.O=C([O-])C(F)(F)F. The van der Waals surface area contributed by atoms with Crippen molar-refractivity contribution in [1.82, 2.24) is 30.2 Å². The highest BCUT2D eigenvalue weighted by Gasteiger charge is 2.44. The summed E-state index contributed by atoms with van der Waals surface area (Å²) >= 11 is 0. The number of aliphatic carboxylic acids is 2. The van der Waals surface area contributed by atoms with Crippen LogP contribution in [0.15, 0.2) is 0 Å². The summed E-state index contributed by atoms with van der Waals surface area (Å²) in [6.07, 6.45) is -3.28. The maximum Gasteiger partial charge on any atom is 0.430 e. The predicted molar refractivity (Wildman–Crippen MR) is 311 cm³/mol. The normalized spacial score (nSPS) is 17.8. The fraction of sp³-hybridized carbons (Fsp3) is 0.845. The summed E-state index contributed by atoms with van der Waals surface area (Å²) in [6, 6.07) is -3.21. The first-order chi connectivity index (χ1) is 36.8. The average molecular weight is 1190 g/mol. The number of hydrogen-bond acceptors (Lipinski definition) is 14. The van der Waals surface area contributed by atoms with Crippen molar-refractivity contribution in [2.45, 2.75) is 210 Å².